The van der Waals surface area contributed by atoms with Gasteiger partial charge in [-0.25, -0.2) is 0 Å². The summed E-state index contributed by atoms with van der Waals surface area (Å²) in [5.41, 5.74) is 1.22. The van der Waals surface area contributed by atoms with Gasteiger partial charge in [-0.3, -0.25) is 9.59 Å². The van der Waals surface area contributed by atoms with Crippen LogP contribution in [0.25, 0.3) is 0 Å². The molecule has 0 radical (unpaired) electrons. The van der Waals surface area contributed by atoms with Crippen LogP contribution >= 0.6 is 0 Å². The topological polar surface area (TPSA) is 64.7 Å². The summed E-state index contributed by atoms with van der Waals surface area (Å²) in [6.45, 7) is 4.40. The number of anilines is 2. The number of nitrogens with one attached hydrogen (secondary N) is 2. The maximum absolute atomic E-state index is 12.7. The average Bonchev–Trinajstić information content (AvgIpc) is 2.96. The fourth-order valence-electron chi connectivity index (χ4n) is 4.52. The van der Waals surface area contributed by atoms with Crippen molar-refractivity contribution in [3.63, 3.8) is 0 Å². The SMILES string of the molecule is O=C(CCN1CCCCCC1)N1CCC2(CC1)Nc1ccccc1NC2=O. The van der Waals surface area contributed by atoms with Gasteiger partial charge in [0, 0.05) is 26.1 Å². The van der Waals surface area contributed by atoms with Crippen LogP contribution in [0, 0.1) is 0 Å². The maximum atomic E-state index is 12.7. The van der Waals surface area contributed by atoms with E-state index in [4.69, 9.17) is 0 Å². The average molecular weight is 370 g/mol. The zero-order valence-corrected chi connectivity index (χ0v) is 16.0. The molecule has 3 aliphatic heterocycles. The summed E-state index contributed by atoms with van der Waals surface area (Å²) in [6.07, 6.45) is 7.04. The lowest BCUT2D eigenvalue weighted by Crippen LogP contribution is -2.59. The number of fused-ring (bicyclic) bond motifs is 1. The minimum absolute atomic E-state index is 0.0258. The van der Waals surface area contributed by atoms with Crippen molar-refractivity contribution in [2.75, 3.05) is 43.4 Å². The van der Waals surface area contributed by atoms with Crippen molar-refractivity contribution >= 4 is 23.2 Å². The van der Waals surface area contributed by atoms with Gasteiger partial charge in [0.15, 0.2) is 0 Å². The van der Waals surface area contributed by atoms with Gasteiger partial charge in [0.25, 0.3) is 0 Å². The normalized spacial score (nSPS) is 22.5. The molecule has 6 nitrogen and oxygen atoms in total. The number of para-hydroxylation sites is 2. The number of hydrogen-bond acceptors (Lipinski definition) is 4. The highest BCUT2D eigenvalue weighted by molar-refractivity contribution is 6.06. The lowest BCUT2D eigenvalue weighted by molar-refractivity contribution is -0.135. The molecule has 27 heavy (non-hydrogen) atoms. The van der Waals surface area contributed by atoms with Gasteiger partial charge in [0.1, 0.15) is 5.54 Å². The quantitative estimate of drug-likeness (QED) is 0.859. The molecule has 1 spiro atoms. The molecule has 4 rings (SSSR count). The summed E-state index contributed by atoms with van der Waals surface area (Å²) < 4.78 is 0. The number of piperidine rings is 1. The number of hydrogen-bond donors (Lipinski definition) is 2. The molecule has 3 heterocycles. The van der Waals surface area contributed by atoms with Gasteiger partial charge in [-0.05, 0) is 50.9 Å². The third kappa shape index (κ3) is 3.95. The van der Waals surface area contributed by atoms with Crippen LogP contribution in [0.2, 0.25) is 0 Å². The van der Waals surface area contributed by atoms with E-state index in [2.05, 4.69) is 15.5 Å². The molecular weight excluding hydrogens is 340 g/mol. The second kappa shape index (κ2) is 7.89. The summed E-state index contributed by atoms with van der Waals surface area (Å²) in [4.78, 5) is 29.7. The number of rotatable bonds is 3. The highest BCUT2D eigenvalue weighted by Crippen LogP contribution is 2.36. The molecule has 0 aliphatic carbocycles. The number of likely N-dealkylation sites (tertiary alicyclic amines) is 2. The molecule has 1 aromatic rings. The van der Waals surface area contributed by atoms with E-state index < -0.39 is 5.54 Å². The maximum Gasteiger partial charge on any atom is 0.250 e. The fourth-order valence-corrected chi connectivity index (χ4v) is 4.52. The van der Waals surface area contributed by atoms with Crippen LogP contribution < -0.4 is 10.6 Å². The predicted molar refractivity (Wildman–Crippen MR) is 107 cm³/mol. The Bertz CT molecular complexity index is 689. The summed E-state index contributed by atoms with van der Waals surface area (Å²) in [5.74, 6) is 0.253. The fraction of sp³-hybridized carbons (Fsp3) is 0.619. The largest absolute Gasteiger partial charge is 0.369 e. The van der Waals surface area contributed by atoms with Crippen LogP contribution in [0.1, 0.15) is 44.9 Å². The first kappa shape index (κ1) is 18.3. The Hall–Kier alpha value is -2.08. The van der Waals surface area contributed by atoms with Gasteiger partial charge in [0.05, 0.1) is 11.4 Å². The van der Waals surface area contributed by atoms with E-state index in [9.17, 15) is 9.59 Å². The Labute approximate surface area is 161 Å². The van der Waals surface area contributed by atoms with Gasteiger partial charge in [-0.2, -0.15) is 0 Å². The summed E-state index contributed by atoms with van der Waals surface area (Å²) in [5, 5.41) is 6.48. The Morgan fingerprint density at radius 2 is 1.63 bits per heavy atom. The highest BCUT2D eigenvalue weighted by Gasteiger charge is 2.44. The molecule has 0 atom stereocenters. The van der Waals surface area contributed by atoms with Gasteiger partial charge in [-0.15, -0.1) is 0 Å². The first-order valence-corrected chi connectivity index (χ1v) is 10.4. The minimum Gasteiger partial charge on any atom is -0.369 e. The standard InChI is InChI=1S/C21H30N4O2/c26-19(9-14-24-12-5-1-2-6-13-24)25-15-10-21(11-16-25)20(27)22-17-7-3-4-8-18(17)23-21/h3-4,7-8,23H,1-2,5-6,9-16H2,(H,22,27). The van der Waals surface area contributed by atoms with E-state index in [-0.39, 0.29) is 11.8 Å². The molecule has 0 aromatic heterocycles. The second-order valence-corrected chi connectivity index (χ2v) is 8.09. The summed E-state index contributed by atoms with van der Waals surface area (Å²) >= 11 is 0. The van der Waals surface area contributed by atoms with Crippen molar-refractivity contribution < 1.29 is 9.59 Å². The van der Waals surface area contributed by atoms with Crippen LogP contribution in [0.5, 0.6) is 0 Å². The molecule has 146 valence electrons. The molecular formula is C21H30N4O2. The van der Waals surface area contributed by atoms with Crippen molar-refractivity contribution in [2.45, 2.75) is 50.5 Å². The van der Waals surface area contributed by atoms with Gasteiger partial charge in [0.2, 0.25) is 11.8 Å². The van der Waals surface area contributed by atoms with E-state index in [0.717, 1.165) is 31.0 Å². The van der Waals surface area contributed by atoms with E-state index in [1.54, 1.807) is 0 Å². The molecule has 0 saturated carbocycles. The zero-order chi connectivity index (χ0) is 18.7. The van der Waals surface area contributed by atoms with Crippen LogP contribution in [0.3, 0.4) is 0 Å². The van der Waals surface area contributed by atoms with Gasteiger partial charge in [-0.1, -0.05) is 25.0 Å². The number of amides is 2. The van der Waals surface area contributed by atoms with E-state index in [1.165, 1.54) is 25.7 Å². The third-order valence-corrected chi connectivity index (χ3v) is 6.29. The van der Waals surface area contributed by atoms with Crippen LogP contribution in [-0.2, 0) is 9.59 Å². The van der Waals surface area contributed by atoms with Crippen molar-refractivity contribution in [2.24, 2.45) is 0 Å². The minimum atomic E-state index is -0.587. The molecule has 2 fully saturated rings. The van der Waals surface area contributed by atoms with E-state index >= 15 is 0 Å². The molecule has 3 aliphatic rings. The lowest BCUT2D eigenvalue weighted by Gasteiger charge is -2.44. The van der Waals surface area contributed by atoms with Crippen molar-refractivity contribution in [1.29, 1.82) is 0 Å². The number of carbonyl (C=O) groups is 2. The Morgan fingerprint density at radius 1 is 0.963 bits per heavy atom. The van der Waals surface area contributed by atoms with Crippen molar-refractivity contribution in [3.8, 4) is 0 Å². The zero-order valence-electron chi connectivity index (χ0n) is 16.0. The van der Waals surface area contributed by atoms with Crippen molar-refractivity contribution in [3.05, 3.63) is 24.3 Å². The molecule has 1 aromatic carbocycles. The first-order valence-electron chi connectivity index (χ1n) is 10.4. The van der Waals surface area contributed by atoms with Crippen LogP contribution in [0.4, 0.5) is 11.4 Å². The first-order chi connectivity index (χ1) is 13.2. The molecule has 6 heteroatoms. The van der Waals surface area contributed by atoms with Crippen LogP contribution in [-0.4, -0.2) is 59.9 Å². The smallest absolute Gasteiger partial charge is 0.250 e. The van der Waals surface area contributed by atoms with Gasteiger partial charge < -0.3 is 20.4 Å². The molecule has 0 unspecified atom stereocenters. The van der Waals surface area contributed by atoms with Gasteiger partial charge >= 0.3 is 0 Å². The molecule has 2 saturated heterocycles. The number of nitrogens with zero attached hydrogens (tertiary/aromatic N) is 2. The molecule has 2 amide bonds. The van der Waals surface area contributed by atoms with E-state index in [0.29, 0.717) is 32.4 Å². The lowest BCUT2D eigenvalue weighted by atomic mass is 9.84. The summed E-state index contributed by atoms with van der Waals surface area (Å²) in [7, 11) is 0. The highest BCUT2D eigenvalue weighted by atomic mass is 16.2. The van der Waals surface area contributed by atoms with Crippen molar-refractivity contribution in [1.82, 2.24) is 9.80 Å². The number of carbonyl (C=O) groups excluding carboxylic acids is 2. The summed E-state index contributed by atoms with van der Waals surface area (Å²) in [6, 6.07) is 7.80. The third-order valence-electron chi connectivity index (χ3n) is 6.29. The Kier molecular flexibility index (Phi) is 5.34. The van der Waals surface area contributed by atoms with Crippen LogP contribution in [0.15, 0.2) is 24.3 Å². The monoisotopic (exact) mass is 370 g/mol. The Morgan fingerprint density at radius 3 is 2.33 bits per heavy atom. The second-order valence-electron chi connectivity index (χ2n) is 8.09. The number of benzene rings is 1. The molecule has 2 N–H and O–H groups in total. The van der Waals surface area contributed by atoms with E-state index in [1.807, 2.05) is 29.2 Å². The predicted octanol–water partition coefficient (Wildman–Crippen LogP) is 2.68. The molecule has 0 bridgehead atoms. The Balaban J connectivity index is 1.31.